The molecule has 0 heterocycles. The fourth-order valence-corrected chi connectivity index (χ4v) is 2.87. The van der Waals surface area contributed by atoms with Crippen molar-refractivity contribution in [2.24, 2.45) is 5.92 Å². The van der Waals surface area contributed by atoms with E-state index in [1.165, 1.54) is 16.7 Å². The first kappa shape index (κ1) is 18.9. The molecular formula is C24H28O. The lowest BCUT2D eigenvalue weighted by Gasteiger charge is -2.09. The number of carbonyl (C=O) groups excluding carboxylic acids is 1. The second-order valence-corrected chi connectivity index (χ2v) is 6.79. The molecule has 25 heavy (non-hydrogen) atoms. The number of ketones is 1. The molecule has 0 amide bonds. The molecule has 0 saturated carbocycles. The molecule has 0 aromatic heterocycles. The van der Waals surface area contributed by atoms with Gasteiger partial charge in [-0.15, -0.1) is 0 Å². The molecule has 1 unspecified atom stereocenters. The lowest BCUT2D eigenvalue weighted by atomic mass is 9.94. The summed E-state index contributed by atoms with van der Waals surface area (Å²) in [6.07, 6.45) is 5.53. The third-order valence-electron chi connectivity index (χ3n) is 4.50. The predicted molar refractivity (Wildman–Crippen MR) is 108 cm³/mol. The number of allylic oxidation sites excluding steroid dienone is 4. The van der Waals surface area contributed by atoms with Crippen molar-refractivity contribution in [3.63, 3.8) is 0 Å². The quantitative estimate of drug-likeness (QED) is 0.446. The maximum atomic E-state index is 12.5. The minimum absolute atomic E-state index is 0.0143. The van der Waals surface area contributed by atoms with Crippen LogP contribution in [-0.4, -0.2) is 5.78 Å². The summed E-state index contributed by atoms with van der Waals surface area (Å²) in [6, 6.07) is 18.8. The summed E-state index contributed by atoms with van der Waals surface area (Å²) in [7, 11) is 0. The average Bonchev–Trinajstić information content (AvgIpc) is 2.62. The first-order valence-corrected chi connectivity index (χ1v) is 9.04. The minimum Gasteiger partial charge on any atom is -0.295 e. The van der Waals surface area contributed by atoms with Crippen LogP contribution in [0, 0.1) is 5.92 Å². The Morgan fingerprint density at radius 2 is 1.56 bits per heavy atom. The Morgan fingerprint density at radius 1 is 0.920 bits per heavy atom. The molecule has 0 spiro atoms. The van der Waals surface area contributed by atoms with E-state index < -0.39 is 0 Å². The molecular weight excluding hydrogens is 304 g/mol. The van der Waals surface area contributed by atoms with Gasteiger partial charge in [-0.2, -0.15) is 0 Å². The summed E-state index contributed by atoms with van der Waals surface area (Å²) in [6.45, 7) is 8.33. The van der Waals surface area contributed by atoms with Gasteiger partial charge in [-0.3, -0.25) is 4.79 Å². The smallest absolute Gasteiger partial charge is 0.158 e. The zero-order valence-electron chi connectivity index (χ0n) is 15.8. The van der Waals surface area contributed by atoms with Crippen LogP contribution >= 0.6 is 0 Å². The fourth-order valence-electron chi connectivity index (χ4n) is 2.87. The molecule has 0 aliphatic heterocycles. The molecule has 0 radical (unpaired) electrons. The van der Waals surface area contributed by atoms with Crippen molar-refractivity contribution in [3.8, 4) is 0 Å². The van der Waals surface area contributed by atoms with Crippen molar-refractivity contribution in [2.75, 3.05) is 0 Å². The Hall–Kier alpha value is -2.41. The van der Waals surface area contributed by atoms with Gasteiger partial charge in [-0.25, -0.2) is 0 Å². The zero-order valence-corrected chi connectivity index (χ0v) is 15.8. The van der Waals surface area contributed by atoms with Crippen molar-refractivity contribution < 1.29 is 4.79 Å². The van der Waals surface area contributed by atoms with E-state index in [0.717, 1.165) is 24.0 Å². The minimum atomic E-state index is -0.0143. The summed E-state index contributed by atoms with van der Waals surface area (Å²) < 4.78 is 0. The highest BCUT2D eigenvalue weighted by molar-refractivity contribution is 5.94. The Balaban J connectivity index is 2.10. The maximum absolute atomic E-state index is 12.5. The fraction of sp³-hybridized carbons (Fsp3) is 0.292. The summed E-state index contributed by atoms with van der Waals surface area (Å²) >= 11 is 0. The van der Waals surface area contributed by atoms with Crippen molar-refractivity contribution in [2.45, 2.75) is 40.5 Å². The molecule has 2 aromatic rings. The number of carbonyl (C=O) groups is 1. The summed E-state index contributed by atoms with van der Waals surface area (Å²) in [4.78, 5) is 12.5. The van der Waals surface area contributed by atoms with E-state index in [-0.39, 0.29) is 11.7 Å². The normalized spacial score (nSPS) is 12.2. The highest BCUT2D eigenvalue weighted by Gasteiger charge is 2.11. The summed E-state index contributed by atoms with van der Waals surface area (Å²) in [5.41, 5.74) is 6.03. The van der Waals surface area contributed by atoms with E-state index in [1.807, 2.05) is 31.2 Å². The standard InChI is InChI=1S/C24H28O/c1-5-20-11-13-22(14-12-20)23(18(2)3)15-16-24(25)19(4)17-21-9-7-6-8-10-21/h6-16,19H,5,17H2,1-4H3/b16-15-. The molecule has 1 atom stereocenters. The number of aryl methyl sites for hydroxylation is 1. The SMILES string of the molecule is CCc1ccc(C(/C=C\C(=O)C(C)Cc2ccccc2)=C(C)C)cc1. The second kappa shape index (κ2) is 9.17. The van der Waals surface area contributed by atoms with Crippen LogP contribution in [0.5, 0.6) is 0 Å². The highest BCUT2D eigenvalue weighted by Crippen LogP contribution is 2.21. The van der Waals surface area contributed by atoms with E-state index in [4.69, 9.17) is 0 Å². The van der Waals surface area contributed by atoms with Crippen LogP contribution < -0.4 is 0 Å². The summed E-state index contributed by atoms with van der Waals surface area (Å²) in [5, 5.41) is 0. The van der Waals surface area contributed by atoms with Crippen LogP contribution in [0.15, 0.2) is 72.3 Å². The molecule has 0 N–H and O–H groups in total. The average molecular weight is 332 g/mol. The van der Waals surface area contributed by atoms with Crippen LogP contribution in [-0.2, 0) is 17.6 Å². The molecule has 2 aromatic carbocycles. The second-order valence-electron chi connectivity index (χ2n) is 6.79. The monoisotopic (exact) mass is 332 g/mol. The van der Waals surface area contributed by atoms with Gasteiger partial charge in [-0.05, 0) is 55.0 Å². The van der Waals surface area contributed by atoms with Crippen molar-refractivity contribution in [1.29, 1.82) is 0 Å². The Labute approximate surface area is 152 Å². The van der Waals surface area contributed by atoms with Gasteiger partial charge in [0.25, 0.3) is 0 Å². The molecule has 130 valence electrons. The van der Waals surface area contributed by atoms with Crippen molar-refractivity contribution >= 4 is 11.4 Å². The lowest BCUT2D eigenvalue weighted by Crippen LogP contribution is -2.11. The number of rotatable bonds is 7. The van der Waals surface area contributed by atoms with Gasteiger partial charge in [0, 0.05) is 5.92 Å². The van der Waals surface area contributed by atoms with Crippen LogP contribution in [0.2, 0.25) is 0 Å². The van der Waals surface area contributed by atoms with E-state index in [2.05, 4.69) is 57.2 Å². The van der Waals surface area contributed by atoms with Crippen LogP contribution in [0.1, 0.15) is 44.4 Å². The summed E-state index contributed by atoms with van der Waals surface area (Å²) in [5.74, 6) is 0.160. The predicted octanol–water partition coefficient (Wildman–Crippen LogP) is 6.05. The Bertz CT molecular complexity index is 744. The first-order chi connectivity index (χ1) is 12.0. The largest absolute Gasteiger partial charge is 0.295 e. The first-order valence-electron chi connectivity index (χ1n) is 9.04. The lowest BCUT2D eigenvalue weighted by molar-refractivity contribution is -0.117. The number of benzene rings is 2. The molecule has 1 nitrogen and oxygen atoms in total. The number of hydrogen-bond donors (Lipinski definition) is 0. The van der Waals surface area contributed by atoms with Crippen LogP contribution in [0.4, 0.5) is 0 Å². The van der Waals surface area contributed by atoms with E-state index in [1.54, 1.807) is 6.08 Å². The maximum Gasteiger partial charge on any atom is 0.158 e. The molecule has 0 bridgehead atoms. The number of hydrogen-bond acceptors (Lipinski definition) is 1. The van der Waals surface area contributed by atoms with Crippen molar-refractivity contribution in [3.05, 3.63) is 89.0 Å². The third-order valence-corrected chi connectivity index (χ3v) is 4.50. The topological polar surface area (TPSA) is 17.1 Å². The van der Waals surface area contributed by atoms with Crippen molar-refractivity contribution in [1.82, 2.24) is 0 Å². The van der Waals surface area contributed by atoms with Gasteiger partial charge in [-0.1, -0.05) is 80.1 Å². The van der Waals surface area contributed by atoms with Gasteiger partial charge >= 0.3 is 0 Å². The molecule has 0 saturated heterocycles. The molecule has 0 aliphatic rings. The van der Waals surface area contributed by atoms with Crippen LogP contribution in [0.25, 0.3) is 5.57 Å². The molecule has 0 fully saturated rings. The van der Waals surface area contributed by atoms with E-state index in [0.29, 0.717) is 0 Å². The third kappa shape index (κ3) is 5.56. The zero-order chi connectivity index (χ0) is 18.2. The van der Waals surface area contributed by atoms with E-state index >= 15 is 0 Å². The molecule has 0 aliphatic carbocycles. The van der Waals surface area contributed by atoms with Gasteiger partial charge in [0.2, 0.25) is 0 Å². The Kier molecular flexibility index (Phi) is 6.94. The van der Waals surface area contributed by atoms with Gasteiger partial charge in [0.15, 0.2) is 5.78 Å². The van der Waals surface area contributed by atoms with E-state index in [9.17, 15) is 4.79 Å². The van der Waals surface area contributed by atoms with Crippen LogP contribution in [0.3, 0.4) is 0 Å². The highest BCUT2D eigenvalue weighted by atomic mass is 16.1. The van der Waals surface area contributed by atoms with Gasteiger partial charge < -0.3 is 0 Å². The van der Waals surface area contributed by atoms with Gasteiger partial charge in [0.05, 0.1) is 0 Å². The Morgan fingerprint density at radius 3 is 2.12 bits per heavy atom. The van der Waals surface area contributed by atoms with Gasteiger partial charge in [0.1, 0.15) is 0 Å². The molecule has 2 rings (SSSR count). The molecule has 1 heteroatoms.